The molecule has 1 aromatic carbocycles. The summed E-state index contributed by atoms with van der Waals surface area (Å²) < 4.78 is 5.60. The minimum atomic E-state index is -0.133. The third-order valence-corrected chi connectivity index (χ3v) is 3.31. The predicted octanol–water partition coefficient (Wildman–Crippen LogP) is 2.52. The van der Waals surface area contributed by atoms with Gasteiger partial charge in [0, 0.05) is 19.3 Å². The van der Waals surface area contributed by atoms with E-state index < -0.39 is 0 Å². The zero-order chi connectivity index (χ0) is 17.4. The zero-order valence-electron chi connectivity index (χ0n) is 14.4. The maximum absolute atomic E-state index is 12.2. The summed E-state index contributed by atoms with van der Waals surface area (Å²) in [4.78, 5) is 18.3. The van der Waals surface area contributed by atoms with Gasteiger partial charge in [-0.1, -0.05) is 12.1 Å². The number of ether oxygens (including phenoxy) is 1. The number of benzene rings is 1. The van der Waals surface area contributed by atoms with Crippen molar-refractivity contribution in [2.45, 2.75) is 6.92 Å². The van der Waals surface area contributed by atoms with Crippen LogP contribution in [-0.4, -0.2) is 49.6 Å². The fourth-order valence-corrected chi connectivity index (χ4v) is 2.13. The Morgan fingerprint density at radius 1 is 1.25 bits per heavy atom. The number of carbonyl (C=O) groups excluding carboxylic acids is 1. The molecular formula is C18H24N4O2. The first-order valence-corrected chi connectivity index (χ1v) is 7.97. The van der Waals surface area contributed by atoms with Crippen LogP contribution in [0.2, 0.25) is 0 Å². The van der Waals surface area contributed by atoms with Crippen LogP contribution < -0.4 is 15.4 Å². The molecule has 1 heterocycles. The molecular weight excluding hydrogens is 304 g/mol. The van der Waals surface area contributed by atoms with E-state index >= 15 is 0 Å². The molecule has 1 amide bonds. The van der Waals surface area contributed by atoms with Crippen LogP contribution in [-0.2, 0) is 0 Å². The third-order valence-electron chi connectivity index (χ3n) is 3.31. The zero-order valence-corrected chi connectivity index (χ0v) is 14.4. The van der Waals surface area contributed by atoms with E-state index in [1.54, 1.807) is 18.5 Å². The summed E-state index contributed by atoms with van der Waals surface area (Å²) in [7, 11) is 3.93. The Kier molecular flexibility index (Phi) is 6.57. The largest absolute Gasteiger partial charge is 0.492 e. The first kappa shape index (κ1) is 17.7. The van der Waals surface area contributed by atoms with Gasteiger partial charge in [-0.3, -0.25) is 9.78 Å². The summed E-state index contributed by atoms with van der Waals surface area (Å²) in [6.07, 6.45) is 3.24. The van der Waals surface area contributed by atoms with E-state index in [1.807, 2.05) is 50.2 Å². The molecule has 0 unspecified atom stereocenters. The number of amides is 1. The molecule has 0 saturated heterocycles. The molecule has 24 heavy (non-hydrogen) atoms. The monoisotopic (exact) mass is 328 g/mol. The minimum Gasteiger partial charge on any atom is -0.492 e. The first-order valence-electron chi connectivity index (χ1n) is 7.97. The lowest BCUT2D eigenvalue weighted by Gasteiger charge is -2.13. The van der Waals surface area contributed by atoms with Crippen molar-refractivity contribution >= 4 is 17.3 Å². The van der Waals surface area contributed by atoms with Gasteiger partial charge in [-0.05, 0) is 39.2 Å². The summed E-state index contributed by atoms with van der Waals surface area (Å²) in [5.74, 6) is 0.631. The molecule has 2 N–H and O–H groups in total. The lowest BCUT2D eigenvalue weighted by Crippen LogP contribution is -2.31. The molecule has 0 radical (unpaired) electrons. The van der Waals surface area contributed by atoms with Crippen LogP contribution in [0.15, 0.2) is 42.7 Å². The number of nitrogens with zero attached hydrogens (tertiary/aromatic N) is 2. The van der Waals surface area contributed by atoms with Crippen molar-refractivity contribution < 1.29 is 9.53 Å². The number of nitrogens with one attached hydrogen (secondary N) is 2. The van der Waals surface area contributed by atoms with Crippen LogP contribution in [0.5, 0.6) is 5.75 Å². The number of likely N-dealkylation sites (N-methyl/N-ethyl adjacent to an activating group) is 1. The number of hydrogen-bond donors (Lipinski definition) is 2. The molecule has 6 heteroatoms. The maximum atomic E-state index is 12.2. The Balaban J connectivity index is 2.06. The van der Waals surface area contributed by atoms with Crippen molar-refractivity contribution in [1.29, 1.82) is 0 Å². The number of carbonyl (C=O) groups is 1. The van der Waals surface area contributed by atoms with Gasteiger partial charge >= 0.3 is 0 Å². The number of para-hydroxylation sites is 2. The third kappa shape index (κ3) is 5.24. The van der Waals surface area contributed by atoms with Gasteiger partial charge in [-0.15, -0.1) is 0 Å². The molecule has 0 saturated carbocycles. The molecule has 6 nitrogen and oxygen atoms in total. The van der Waals surface area contributed by atoms with Gasteiger partial charge < -0.3 is 20.3 Å². The lowest BCUT2D eigenvalue weighted by atomic mass is 10.2. The number of rotatable bonds is 8. The van der Waals surface area contributed by atoms with Crippen LogP contribution in [0, 0.1) is 0 Å². The smallest absolute Gasteiger partial charge is 0.252 e. The second-order valence-corrected chi connectivity index (χ2v) is 5.58. The Hall–Kier alpha value is -2.60. The Labute approximate surface area is 142 Å². The highest BCUT2D eigenvalue weighted by Gasteiger charge is 2.08. The van der Waals surface area contributed by atoms with E-state index in [9.17, 15) is 4.79 Å². The average molecular weight is 328 g/mol. The molecule has 128 valence electrons. The standard InChI is InChI=1S/C18H24N4O2/c1-4-24-17-8-6-5-7-16(17)21-15-11-14(12-19-13-15)18(23)20-9-10-22(2)3/h5-8,11-13,21H,4,9-10H2,1-3H3,(H,20,23). The quantitative estimate of drug-likeness (QED) is 0.779. The molecule has 2 aromatic rings. The summed E-state index contributed by atoms with van der Waals surface area (Å²) in [6, 6.07) is 9.45. The fraction of sp³-hybridized carbons (Fsp3) is 0.333. The number of hydrogen-bond acceptors (Lipinski definition) is 5. The van der Waals surface area contributed by atoms with Gasteiger partial charge in [0.25, 0.3) is 5.91 Å². The molecule has 0 spiro atoms. The highest BCUT2D eigenvalue weighted by Crippen LogP contribution is 2.27. The van der Waals surface area contributed by atoms with Crippen molar-refractivity contribution in [2.24, 2.45) is 0 Å². The van der Waals surface area contributed by atoms with Crippen molar-refractivity contribution in [3.8, 4) is 5.75 Å². The minimum absolute atomic E-state index is 0.133. The Morgan fingerprint density at radius 2 is 2.04 bits per heavy atom. The molecule has 1 aromatic heterocycles. The Bertz CT molecular complexity index is 674. The molecule has 0 aliphatic rings. The van der Waals surface area contributed by atoms with Crippen LogP contribution in [0.1, 0.15) is 17.3 Å². The van der Waals surface area contributed by atoms with E-state index in [-0.39, 0.29) is 5.91 Å². The fourth-order valence-electron chi connectivity index (χ4n) is 2.13. The van der Waals surface area contributed by atoms with Crippen LogP contribution >= 0.6 is 0 Å². The topological polar surface area (TPSA) is 66.5 Å². The van der Waals surface area contributed by atoms with Crippen LogP contribution in [0.4, 0.5) is 11.4 Å². The van der Waals surface area contributed by atoms with Gasteiger partial charge in [0.1, 0.15) is 5.75 Å². The molecule has 2 rings (SSSR count). The Morgan fingerprint density at radius 3 is 2.79 bits per heavy atom. The molecule has 0 fully saturated rings. The lowest BCUT2D eigenvalue weighted by molar-refractivity contribution is 0.0950. The van der Waals surface area contributed by atoms with E-state index in [2.05, 4.69) is 15.6 Å². The number of anilines is 2. The number of aromatic nitrogens is 1. The van der Waals surface area contributed by atoms with Gasteiger partial charge in [0.2, 0.25) is 0 Å². The van der Waals surface area contributed by atoms with Crippen molar-refractivity contribution in [2.75, 3.05) is 39.1 Å². The summed E-state index contributed by atoms with van der Waals surface area (Å²) in [5, 5.41) is 6.13. The highest BCUT2D eigenvalue weighted by atomic mass is 16.5. The maximum Gasteiger partial charge on any atom is 0.252 e. The second kappa shape index (κ2) is 8.88. The summed E-state index contributed by atoms with van der Waals surface area (Å²) >= 11 is 0. The normalized spacial score (nSPS) is 10.5. The average Bonchev–Trinajstić information content (AvgIpc) is 2.57. The van der Waals surface area contributed by atoms with Crippen molar-refractivity contribution in [3.63, 3.8) is 0 Å². The molecule has 0 atom stereocenters. The van der Waals surface area contributed by atoms with E-state index in [4.69, 9.17) is 4.74 Å². The SMILES string of the molecule is CCOc1ccccc1Nc1cncc(C(=O)NCCN(C)C)c1. The number of pyridine rings is 1. The van der Waals surface area contributed by atoms with Gasteiger partial charge in [-0.2, -0.15) is 0 Å². The second-order valence-electron chi connectivity index (χ2n) is 5.58. The molecule has 0 aliphatic heterocycles. The molecule has 0 aliphatic carbocycles. The van der Waals surface area contributed by atoms with Gasteiger partial charge in [0.05, 0.1) is 29.7 Å². The van der Waals surface area contributed by atoms with Gasteiger partial charge in [-0.25, -0.2) is 0 Å². The van der Waals surface area contributed by atoms with Crippen LogP contribution in [0.25, 0.3) is 0 Å². The van der Waals surface area contributed by atoms with Crippen molar-refractivity contribution in [1.82, 2.24) is 15.2 Å². The summed E-state index contributed by atoms with van der Waals surface area (Å²) in [5.41, 5.74) is 2.10. The van der Waals surface area contributed by atoms with E-state index in [0.29, 0.717) is 18.7 Å². The first-order chi connectivity index (χ1) is 11.6. The van der Waals surface area contributed by atoms with E-state index in [0.717, 1.165) is 23.7 Å². The molecule has 0 bridgehead atoms. The van der Waals surface area contributed by atoms with Crippen molar-refractivity contribution in [3.05, 3.63) is 48.3 Å². The van der Waals surface area contributed by atoms with Crippen LogP contribution in [0.3, 0.4) is 0 Å². The highest BCUT2D eigenvalue weighted by molar-refractivity contribution is 5.94. The predicted molar refractivity (Wildman–Crippen MR) is 96.0 cm³/mol. The summed E-state index contributed by atoms with van der Waals surface area (Å²) in [6.45, 7) is 3.91. The van der Waals surface area contributed by atoms with E-state index in [1.165, 1.54) is 0 Å². The van der Waals surface area contributed by atoms with Gasteiger partial charge in [0.15, 0.2) is 0 Å².